The number of amides is 3. The normalized spacial score (nSPS) is 16.3. The fraction of sp³-hybridized carbons (Fsp3) is 0.400. The van der Waals surface area contributed by atoms with E-state index in [2.05, 4.69) is 10.6 Å². The average molecular weight is 534 g/mol. The molecule has 1 aliphatic carbocycles. The fourth-order valence-electron chi connectivity index (χ4n) is 4.27. The number of benzene rings is 2. The van der Waals surface area contributed by atoms with Crippen LogP contribution < -0.4 is 25.0 Å². The SMILES string of the molecule is C[C@H](C(=O)NC1CCCC1)N(C(=O)C[S@@](=O)CC(=O)Nc1ccc2c(c1)OCO2)c1ccc(Cl)cc1. The minimum absolute atomic E-state index is 0.0936. The molecule has 9 nitrogen and oxygen atoms in total. The summed E-state index contributed by atoms with van der Waals surface area (Å²) in [4.78, 5) is 39.9. The Morgan fingerprint density at radius 3 is 2.47 bits per heavy atom. The van der Waals surface area contributed by atoms with Crippen LogP contribution in [0.2, 0.25) is 5.02 Å². The van der Waals surface area contributed by atoms with Crippen molar-refractivity contribution in [3.63, 3.8) is 0 Å². The summed E-state index contributed by atoms with van der Waals surface area (Å²) >= 11 is 6.00. The van der Waals surface area contributed by atoms with Crippen molar-refractivity contribution in [2.24, 2.45) is 0 Å². The van der Waals surface area contributed by atoms with Gasteiger partial charge in [-0.15, -0.1) is 0 Å². The first-order valence-corrected chi connectivity index (χ1v) is 13.6. The molecular formula is C25H28ClN3O6S. The molecule has 2 N–H and O–H groups in total. The number of ether oxygens (including phenoxy) is 2. The Labute approximate surface area is 216 Å². The zero-order valence-electron chi connectivity index (χ0n) is 19.8. The third-order valence-electron chi connectivity index (χ3n) is 6.07. The molecule has 2 aliphatic rings. The number of hydrogen-bond acceptors (Lipinski definition) is 6. The highest BCUT2D eigenvalue weighted by Crippen LogP contribution is 2.34. The molecule has 3 amide bonds. The van der Waals surface area contributed by atoms with E-state index in [0.717, 1.165) is 25.7 Å². The molecule has 0 bridgehead atoms. The fourth-order valence-corrected chi connectivity index (χ4v) is 5.28. The van der Waals surface area contributed by atoms with Gasteiger partial charge in [-0.3, -0.25) is 23.5 Å². The van der Waals surface area contributed by atoms with Gasteiger partial charge in [0.1, 0.15) is 17.5 Å². The van der Waals surface area contributed by atoms with Gasteiger partial charge < -0.3 is 20.1 Å². The number of nitrogens with one attached hydrogen (secondary N) is 2. The van der Waals surface area contributed by atoms with Crippen molar-refractivity contribution in [2.75, 3.05) is 28.5 Å². The van der Waals surface area contributed by atoms with Crippen LogP contribution in [0.4, 0.5) is 11.4 Å². The van der Waals surface area contributed by atoms with Gasteiger partial charge in [-0.05, 0) is 56.2 Å². The molecule has 36 heavy (non-hydrogen) atoms. The maximum absolute atomic E-state index is 13.2. The molecular weight excluding hydrogens is 506 g/mol. The van der Waals surface area contributed by atoms with Gasteiger partial charge in [-0.1, -0.05) is 24.4 Å². The first-order valence-electron chi connectivity index (χ1n) is 11.7. The zero-order chi connectivity index (χ0) is 25.7. The lowest BCUT2D eigenvalue weighted by atomic mass is 10.1. The first kappa shape index (κ1) is 26.0. The molecule has 1 heterocycles. The van der Waals surface area contributed by atoms with Gasteiger partial charge >= 0.3 is 0 Å². The lowest BCUT2D eigenvalue weighted by molar-refractivity contribution is -0.125. The monoisotopic (exact) mass is 533 g/mol. The third-order valence-corrected chi connectivity index (χ3v) is 7.48. The van der Waals surface area contributed by atoms with Crippen molar-refractivity contribution in [1.29, 1.82) is 0 Å². The van der Waals surface area contributed by atoms with Gasteiger partial charge in [0.2, 0.25) is 24.5 Å². The van der Waals surface area contributed by atoms with E-state index in [1.54, 1.807) is 49.4 Å². The van der Waals surface area contributed by atoms with E-state index >= 15 is 0 Å². The number of carbonyl (C=O) groups is 3. The second-order valence-electron chi connectivity index (χ2n) is 8.75. The quantitative estimate of drug-likeness (QED) is 0.511. The second-order valence-corrected chi connectivity index (χ2v) is 10.6. The number of rotatable bonds is 9. The van der Waals surface area contributed by atoms with Crippen molar-refractivity contribution in [3.8, 4) is 11.5 Å². The molecule has 0 radical (unpaired) electrons. The number of nitrogens with zero attached hydrogens (tertiary/aromatic N) is 1. The van der Waals surface area contributed by atoms with Crippen LogP contribution in [0.25, 0.3) is 0 Å². The van der Waals surface area contributed by atoms with E-state index < -0.39 is 34.4 Å². The maximum atomic E-state index is 13.2. The van der Waals surface area contributed by atoms with Crippen molar-refractivity contribution in [2.45, 2.75) is 44.7 Å². The number of hydrogen-bond donors (Lipinski definition) is 2. The van der Waals surface area contributed by atoms with Crippen molar-refractivity contribution < 1.29 is 28.1 Å². The molecule has 1 aliphatic heterocycles. The van der Waals surface area contributed by atoms with Gasteiger partial charge in [0.05, 0.1) is 0 Å². The van der Waals surface area contributed by atoms with E-state index in [-0.39, 0.29) is 24.5 Å². The Bertz CT molecular complexity index is 1150. The summed E-state index contributed by atoms with van der Waals surface area (Å²) in [5.74, 6) is -1.03. The van der Waals surface area contributed by atoms with E-state index in [1.165, 1.54) is 4.90 Å². The van der Waals surface area contributed by atoms with Crippen molar-refractivity contribution in [1.82, 2.24) is 5.32 Å². The van der Waals surface area contributed by atoms with E-state index in [1.807, 2.05) is 0 Å². The van der Waals surface area contributed by atoms with E-state index in [4.69, 9.17) is 21.1 Å². The topological polar surface area (TPSA) is 114 Å². The summed E-state index contributed by atoms with van der Waals surface area (Å²) in [5, 5.41) is 6.14. The Morgan fingerprint density at radius 1 is 1.06 bits per heavy atom. The summed E-state index contributed by atoms with van der Waals surface area (Å²) in [6, 6.07) is 10.7. The molecule has 1 fully saturated rings. The molecule has 1 saturated carbocycles. The predicted molar refractivity (Wildman–Crippen MR) is 138 cm³/mol. The van der Waals surface area contributed by atoms with Gasteiger partial charge in [-0.2, -0.15) is 0 Å². The molecule has 4 rings (SSSR count). The molecule has 0 aromatic heterocycles. The van der Waals surface area contributed by atoms with Crippen LogP contribution in [0, 0.1) is 0 Å². The van der Waals surface area contributed by atoms with Gasteiger partial charge in [0, 0.05) is 39.3 Å². The van der Waals surface area contributed by atoms with Gasteiger partial charge in [0.15, 0.2) is 11.5 Å². The Balaban J connectivity index is 1.39. The first-order chi connectivity index (χ1) is 17.3. The largest absolute Gasteiger partial charge is 0.454 e. The smallest absolute Gasteiger partial charge is 0.243 e. The van der Waals surface area contributed by atoms with Crippen LogP contribution >= 0.6 is 11.6 Å². The predicted octanol–water partition coefficient (Wildman–Crippen LogP) is 3.24. The van der Waals surface area contributed by atoms with Crippen LogP contribution in [0.5, 0.6) is 11.5 Å². The molecule has 0 unspecified atom stereocenters. The van der Waals surface area contributed by atoms with Crippen LogP contribution in [-0.4, -0.2) is 52.3 Å². The summed E-state index contributed by atoms with van der Waals surface area (Å²) < 4.78 is 23.3. The third kappa shape index (κ3) is 6.55. The van der Waals surface area contributed by atoms with Crippen LogP contribution in [0.1, 0.15) is 32.6 Å². The Hall–Kier alpha value is -3.11. The van der Waals surface area contributed by atoms with E-state index in [9.17, 15) is 18.6 Å². The lowest BCUT2D eigenvalue weighted by Crippen LogP contribution is -2.51. The standard InChI is InChI=1S/C25H28ClN3O6S/c1-16(25(32)28-18-4-2-3-5-18)29(20-9-6-17(26)7-10-20)24(31)14-36(33)13-23(30)27-19-8-11-21-22(12-19)35-15-34-21/h6-12,16,18H,2-5,13-15H2,1H3,(H,27,30)(H,28,32)/t16-,36+/m1/s1. The van der Waals surface area contributed by atoms with Gasteiger partial charge in [-0.25, -0.2) is 0 Å². The van der Waals surface area contributed by atoms with Crippen molar-refractivity contribution >= 4 is 51.5 Å². The zero-order valence-corrected chi connectivity index (χ0v) is 21.4. The molecule has 11 heteroatoms. The second kappa shape index (κ2) is 11.7. The molecule has 0 spiro atoms. The Morgan fingerprint density at radius 2 is 1.75 bits per heavy atom. The minimum Gasteiger partial charge on any atom is -0.454 e. The van der Waals surface area contributed by atoms with Gasteiger partial charge in [0.25, 0.3) is 0 Å². The number of fused-ring (bicyclic) bond motifs is 1. The summed E-state index contributed by atoms with van der Waals surface area (Å²) in [6.45, 7) is 1.74. The highest BCUT2D eigenvalue weighted by atomic mass is 35.5. The number of carbonyl (C=O) groups excluding carboxylic acids is 3. The maximum Gasteiger partial charge on any atom is 0.243 e. The highest BCUT2D eigenvalue weighted by molar-refractivity contribution is 7.86. The number of halogens is 1. The van der Waals surface area contributed by atoms with Crippen LogP contribution in [-0.2, 0) is 25.2 Å². The molecule has 2 atom stereocenters. The highest BCUT2D eigenvalue weighted by Gasteiger charge is 2.30. The molecule has 192 valence electrons. The Kier molecular flexibility index (Phi) is 8.48. The van der Waals surface area contributed by atoms with Crippen molar-refractivity contribution in [3.05, 3.63) is 47.5 Å². The molecule has 0 saturated heterocycles. The summed E-state index contributed by atoms with van der Waals surface area (Å²) in [6.07, 6.45) is 3.95. The summed E-state index contributed by atoms with van der Waals surface area (Å²) in [7, 11) is -1.80. The van der Waals surface area contributed by atoms with Crippen LogP contribution in [0.15, 0.2) is 42.5 Å². The van der Waals surface area contributed by atoms with Crippen LogP contribution in [0.3, 0.4) is 0 Å². The average Bonchev–Trinajstić information content (AvgIpc) is 3.51. The number of anilines is 2. The van der Waals surface area contributed by atoms with E-state index in [0.29, 0.717) is 27.9 Å². The molecule has 2 aromatic rings. The molecule has 2 aromatic carbocycles. The minimum atomic E-state index is -1.80. The lowest BCUT2D eigenvalue weighted by Gasteiger charge is -2.29. The summed E-state index contributed by atoms with van der Waals surface area (Å²) in [5.41, 5.74) is 0.924.